The molecule has 0 aliphatic heterocycles. The first-order valence-corrected chi connectivity index (χ1v) is 6.83. The number of halogens is 1. The first-order valence-electron chi connectivity index (χ1n) is 6.29. The first kappa shape index (κ1) is 13.4. The minimum Gasteiger partial charge on any atom is -0.441 e. The molecule has 0 spiro atoms. The van der Waals surface area contributed by atoms with E-state index in [1.54, 1.807) is 0 Å². The third-order valence-electron chi connectivity index (χ3n) is 3.01. The maximum atomic E-state index is 5.69. The Morgan fingerprint density at radius 3 is 2.94 bits per heavy atom. The lowest BCUT2D eigenvalue weighted by Crippen LogP contribution is -2.22. The van der Waals surface area contributed by atoms with E-state index in [4.69, 9.17) is 16.0 Å². The molecule has 18 heavy (non-hydrogen) atoms. The fourth-order valence-electron chi connectivity index (χ4n) is 2.01. The molecule has 98 valence electrons. The Kier molecular flexibility index (Phi) is 4.61. The molecule has 1 heterocycles. The molecule has 0 amide bonds. The van der Waals surface area contributed by atoms with Crippen LogP contribution < -0.4 is 0 Å². The van der Waals surface area contributed by atoms with Gasteiger partial charge in [-0.2, -0.15) is 0 Å². The number of nitrogens with zero attached hydrogens (tertiary/aromatic N) is 2. The zero-order chi connectivity index (χ0) is 13.0. The van der Waals surface area contributed by atoms with Gasteiger partial charge in [0.2, 0.25) is 0 Å². The Labute approximate surface area is 113 Å². The SMILES string of the molecule is Cc1nc2cc(CCN(C)CCCCl)ccc2o1. The van der Waals surface area contributed by atoms with Crippen LogP contribution in [0.2, 0.25) is 0 Å². The molecule has 0 unspecified atom stereocenters. The van der Waals surface area contributed by atoms with Crippen LogP contribution in [0.15, 0.2) is 22.6 Å². The van der Waals surface area contributed by atoms with Gasteiger partial charge in [0, 0.05) is 19.3 Å². The molecule has 0 atom stereocenters. The normalized spacial score (nSPS) is 11.6. The molecule has 4 heteroatoms. The molecule has 2 rings (SSSR count). The van der Waals surface area contributed by atoms with E-state index in [2.05, 4.69) is 29.1 Å². The highest BCUT2D eigenvalue weighted by Crippen LogP contribution is 2.17. The van der Waals surface area contributed by atoms with Crippen molar-refractivity contribution >= 4 is 22.7 Å². The maximum Gasteiger partial charge on any atom is 0.192 e. The fourth-order valence-corrected chi connectivity index (χ4v) is 2.12. The lowest BCUT2D eigenvalue weighted by Gasteiger charge is -2.15. The molecule has 0 bridgehead atoms. The number of alkyl halides is 1. The number of likely N-dealkylation sites (N-methyl/N-ethyl adjacent to an activating group) is 1. The van der Waals surface area contributed by atoms with E-state index >= 15 is 0 Å². The minimum atomic E-state index is 0.724. The van der Waals surface area contributed by atoms with Gasteiger partial charge in [-0.05, 0) is 44.1 Å². The Balaban J connectivity index is 1.95. The molecule has 0 saturated heterocycles. The Hall–Kier alpha value is -1.06. The Morgan fingerprint density at radius 1 is 1.33 bits per heavy atom. The largest absolute Gasteiger partial charge is 0.441 e. The van der Waals surface area contributed by atoms with Gasteiger partial charge in [-0.25, -0.2) is 4.98 Å². The van der Waals surface area contributed by atoms with Gasteiger partial charge in [0.05, 0.1) is 0 Å². The molecule has 0 aliphatic carbocycles. The summed E-state index contributed by atoms with van der Waals surface area (Å²) >= 11 is 5.69. The van der Waals surface area contributed by atoms with E-state index in [1.807, 2.05) is 13.0 Å². The third-order valence-corrected chi connectivity index (χ3v) is 3.28. The van der Waals surface area contributed by atoms with Crippen molar-refractivity contribution in [2.75, 3.05) is 26.0 Å². The summed E-state index contributed by atoms with van der Waals surface area (Å²) < 4.78 is 5.47. The lowest BCUT2D eigenvalue weighted by molar-refractivity contribution is 0.340. The van der Waals surface area contributed by atoms with E-state index in [-0.39, 0.29) is 0 Å². The summed E-state index contributed by atoms with van der Waals surface area (Å²) in [5.74, 6) is 1.45. The van der Waals surface area contributed by atoms with Crippen LogP contribution in [0.1, 0.15) is 17.9 Å². The summed E-state index contributed by atoms with van der Waals surface area (Å²) in [6.45, 7) is 3.97. The van der Waals surface area contributed by atoms with Gasteiger partial charge in [0.1, 0.15) is 5.52 Å². The maximum absolute atomic E-state index is 5.69. The van der Waals surface area contributed by atoms with Crippen molar-refractivity contribution < 1.29 is 4.42 Å². The topological polar surface area (TPSA) is 29.3 Å². The number of aryl methyl sites for hydroxylation is 1. The fraction of sp³-hybridized carbons (Fsp3) is 0.500. The highest BCUT2D eigenvalue weighted by atomic mass is 35.5. The standard InChI is InChI=1S/C14H19ClN2O/c1-11-16-13-10-12(4-5-14(13)18-11)6-9-17(2)8-3-7-15/h4-5,10H,3,6-9H2,1-2H3. The number of aromatic nitrogens is 1. The number of benzene rings is 1. The molecule has 1 aromatic carbocycles. The predicted molar refractivity (Wildman–Crippen MR) is 75.3 cm³/mol. The summed E-state index contributed by atoms with van der Waals surface area (Å²) in [7, 11) is 2.13. The van der Waals surface area contributed by atoms with Gasteiger partial charge in [-0.3, -0.25) is 0 Å². The summed E-state index contributed by atoms with van der Waals surface area (Å²) in [6, 6.07) is 6.23. The zero-order valence-electron chi connectivity index (χ0n) is 10.9. The Bertz CT molecular complexity index is 509. The second kappa shape index (κ2) is 6.21. The van der Waals surface area contributed by atoms with Crippen molar-refractivity contribution in [3.8, 4) is 0 Å². The molecule has 0 fully saturated rings. The van der Waals surface area contributed by atoms with E-state index in [9.17, 15) is 0 Å². The molecular weight excluding hydrogens is 248 g/mol. The van der Waals surface area contributed by atoms with E-state index in [0.29, 0.717) is 0 Å². The van der Waals surface area contributed by atoms with E-state index in [1.165, 1.54) is 5.56 Å². The van der Waals surface area contributed by atoms with Gasteiger partial charge in [0.15, 0.2) is 11.5 Å². The second-order valence-corrected chi connectivity index (χ2v) is 5.01. The number of fused-ring (bicyclic) bond motifs is 1. The van der Waals surface area contributed by atoms with Crippen molar-refractivity contribution in [3.05, 3.63) is 29.7 Å². The van der Waals surface area contributed by atoms with Crippen LogP contribution in [-0.2, 0) is 6.42 Å². The first-order chi connectivity index (χ1) is 8.69. The zero-order valence-corrected chi connectivity index (χ0v) is 11.7. The van der Waals surface area contributed by atoms with Crippen molar-refractivity contribution in [2.45, 2.75) is 19.8 Å². The molecule has 3 nitrogen and oxygen atoms in total. The van der Waals surface area contributed by atoms with Crippen LogP contribution in [0.5, 0.6) is 0 Å². The van der Waals surface area contributed by atoms with E-state index in [0.717, 1.165) is 48.8 Å². The quantitative estimate of drug-likeness (QED) is 0.752. The van der Waals surface area contributed by atoms with Crippen molar-refractivity contribution in [1.29, 1.82) is 0 Å². The van der Waals surface area contributed by atoms with Crippen molar-refractivity contribution in [2.24, 2.45) is 0 Å². The molecule has 0 N–H and O–H groups in total. The van der Waals surface area contributed by atoms with Gasteiger partial charge < -0.3 is 9.32 Å². The number of rotatable bonds is 6. The highest BCUT2D eigenvalue weighted by molar-refractivity contribution is 6.17. The third kappa shape index (κ3) is 3.47. The Morgan fingerprint density at radius 2 is 2.17 bits per heavy atom. The second-order valence-electron chi connectivity index (χ2n) is 4.63. The van der Waals surface area contributed by atoms with Gasteiger partial charge in [0.25, 0.3) is 0 Å². The average Bonchev–Trinajstić information content (AvgIpc) is 2.73. The molecule has 1 aromatic heterocycles. The van der Waals surface area contributed by atoms with Crippen LogP contribution in [0.25, 0.3) is 11.1 Å². The van der Waals surface area contributed by atoms with Crippen LogP contribution in [-0.4, -0.2) is 35.9 Å². The van der Waals surface area contributed by atoms with Crippen molar-refractivity contribution in [1.82, 2.24) is 9.88 Å². The number of hydrogen-bond donors (Lipinski definition) is 0. The lowest BCUT2D eigenvalue weighted by atomic mass is 10.1. The summed E-state index contributed by atoms with van der Waals surface area (Å²) in [5, 5.41) is 0. The summed E-state index contributed by atoms with van der Waals surface area (Å²) in [4.78, 5) is 6.66. The molecule has 0 aliphatic rings. The average molecular weight is 267 g/mol. The molecule has 0 radical (unpaired) electrons. The van der Waals surface area contributed by atoms with Crippen LogP contribution in [0.3, 0.4) is 0 Å². The summed E-state index contributed by atoms with van der Waals surface area (Å²) in [5.41, 5.74) is 3.12. The number of hydrogen-bond acceptors (Lipinski definition) is 3. The monoisotopic (exact) mass is 266 g/mol. The van der Waals surface area contributed by atoms with Gasteiger partial charge >= 0.3 is 0 Å². The minimum absolute atomic E-state index is 0.724. The van der Waals surface area contributed by atoms with Crippen molar-refractivity contribution in [3.63, 3.8) is 0 Å². The highest BCUT2D eigenvalue weighted by Gasteiger charge is 2.04. The predicted octanol–water partition coefficient (Wildman–Crippen LogP) is 3.24. The molecular formula is C14H19ClN2O. The van der Waals surface area contributed by atoms with Gasteiger partial charge in [-0.1, -0.05) is 6.07 Å². The smallest absolute Gasteiger partial charge is 0.192 e. The van der Waals surface area contributed by atoms with E-state index < -0.39 is 0 Å². The van der Waals surface area contributed by atoms with Crippen LogP contribution in [0.4, 0.5) is 0 Å². The van der Waals surface area contributed by atoms with Gasteiger partial charge in [-0.15, -0.1) is 11.6 Å². The number of oxazole rings is 1. The van der Waals surface area contributed by atoms with Crippen LogP contribution >= 0.6 is 11.6 Å². The summed E-state index contributed by atoms with van der Waals surface area (Å²) in [6.07, 6.45) is 2.07. The van der Waals surface area contributed by atoms with Crippen LogP contribution in [0, 0.1) is 6.92 Å². The molecule has 2 aromatic rings. The molecule has 0 saturated carbocycles.